The molecule has 0 aliphatic carbocycles. The van der Waals surface area contributed by atoms with Crippen LogP contribution in [0.5, 0.6) is 11.5 Å². The van der Waals surface area contributed by atoms with Crippen LogP contribution < -0.4 is 19.1 Å². The molecule has 8 heteroatoms. The highest BCUT2D eigenvalue weighted by molar-refractivity contribution is 7.92. The molecule has 152 valence electrons. The molecule has 2 rings (SSSR count). The van der Waals surface area contributed by atoms with Gasteiger partial charge < -0.3 is 14.8 Å². The Bertz CT molecular complexity index is 897. The fraction of sp³-hybridized carbons (Fsp3) is 0.350. The number of sulfonamides is 1. The van der Waals surface area contributed by atoms with Crippen LogP contribution in [0.25, 0.3) is 0 Å². The molecule has 0 saturated carbocycles. The smallest absolute Gasteiger partial charge is 0.241 e. The molecule has 0 unspecified atom stereocenters. The molecule has 2 aromatic carbocycles. The Labute approximate surface area is 166 Å². The number of nitrogens with one attached hydrogen (secondary N) is 1. The first-order valence-electron chi connectivity index (χ1n) is 8.80. The molecule has 7 nitrogen and oxygen atoms in total. The van der Waals surface area contributed by atoms with Crippen LogP contribution in [-0.4, -0.2) is 46.9 Å². The number of nitrogens with zero attached hydrogens (tertiary/aromatic N) is 1. The van der Waals surface area contributed by atoms with E-state index in [2.05, 4.69) is 5.32 Å². The molecule has 0 fully saturated rings. The quantitative estimate of drug-likeness (QED) is 0.691. The molecule has 1 atom stereocenters. The van der Waals surface area contributed by atoms with Gasteiger partial charge in [-0.2, -0.15) is 0 Å². The SMILES string of the molecule is COc1ccccc1N(CC(=O)N[C@@H](C)COc1ccc(C)cc1)S(C)(=O)=O. The summed E-state index contributed by atoms with van der Waals surface area (Å²) < 4.78 is 36.3. The number of benzene rings is 2. The zero-order chi connectivity index (χ0) is 20.7. The van der Waals surface area contributed by atoms with Crippen LogP contribution in [-0.2, 0) is 14.8 Å². The van der Waals surface area contributed by atoms with E-state index >= 15 is 0 Å². The van der Waals surface area contributed by atoms with Gasteiger partial charge in [0, 0.05) is 0 Å². The normalized spacial score (nSPS) is 12.1. The molecular formula is C20H26N2O5S. The number of amides is 1. The number of hydrogen-bond donors (Lipinski definition) is 1. The minimum Gasteiger partial charge on any atom is -0.495 e. The third-order valence-corrected chi connectivity index (χ3v) is 5.10. The van der Waals surface area contributed by atoms with Gasteiger partial charge in [0.25, 0.3) is 0 Å². The highest BCUT2D eigenvalue weighted by Crippen LogP contribution is 2.29. The molecule has 28 heavy (non-hydrogen) atoms. The molecule has 0 saturated heterocycles. The predicted octanol–water partition coefficient (Wildman–Crippen LogP) is 2.35. The lowest BCUT2D eigenvalue weighted by Gasteiger charge is -2.24. The Balaban J connectivity index is 2.00. The Morgan fingerprint density at radius 1 is 1.14 bits per heavy atom. The van der Waals surface area contributed by atoms with E-state index in [1.165, 1.54) is 7.11 Å². The minimum atomic E-state index is -3.68. The maximum Gasteiger partial charge on any atom is 0.241 e. The molecule has 0 bridgehead atoms. The van der Waals surface area contributed by atoms with Gasteiger partial charge in [-0.1, -0.05) is 29.8 Å². The van der Waals surface area contributed by atoms with Crippen molar-refractivity contribution < 1.29 is 22.7 Å². The van der Waals surface area contributed by atoms with E-state index in [9.17, 15) is 13.2 Å². The number of hydrogen-bond acceptors (Lipinski definition) is 5. The average Bonchev–Trinajstić information content (AvgIpc) is 2.65. The van der Waals surface area contributed by atoms with Gasteiger partial charge in [-0.25, -0.2) is 8.42 Å². The van der Waals surface area contributed by atoms with Crippen LogP contribution >= 0.6 is 0 Å². The summed E-state index contributed by atoms with van der Waals surface area (Å²) in [5.74, 6) is 0.645. The van der Waals surface area contributed by atoms with Gasteiger partial charge in [-0.15, -0.1) is 0 Å². The Morgan fingerprint density at radius 2 is 1.79 bits per heavy atom. The maximum atomic E-state index is 12.4. The van der Waals surface area contributed by atoms with Crippen molar-refractivity contribution in [1.29, 1.82) is 0 Å². The summed E-state index contributed by atoms with van der Waals surface area (Å²) in [6.07, 6.45) is 1.05. The largest absolute Gasteiger partial charge is 0.495 e. The molecule has 0 heterocycles. The summed E-state index contributed by atoms with van der Waals surface area (Å²) in [5, 5.41) is 2.76. The van der Waals surface area contributed by atoms with Crippen molar-refractivity contribution in [2.45, 2.75) is 19.9 Å². The zero-order valence-electron chi connectivity index (χ0n) is 16.5. The van der Waals surface area contributed by atoms with Gasteiger partial charge >= 0.3 is 0 Å². The van der Waals surface area contributed by atoms with Gasteiger partial charge in [0.2, 0.25) is 15.9 Å². The summed E-state index contributed by atoms with van der Waals surface area (Å²) in [6, 6.07) is 14.0. The van der Waals surface area contributed by atoms with Crippen LogP contribution in [0, 0.1) is 6.92 Å². The van der Waals surface area contributed by atoms with E-state index in [1.54, 1.807) is 31.2 Å². The lowest BCUT2D eigenvalue weighted by Crippen LogP contribution is -2.45. The second kappa shape index (κ2) is 9.45. The van der Waals surface area contributed by atoms with Crippen molar-refractivity contribution in [1.82, 2.24) is 5.32 Å². The Kier molecular flexibility index (Phi) is 7.28. The number of aryl methyl sites for hydroxylation is 1. The van der Waals surface area contributed by atoms with Crippen LogP contribution in [0.1, 0.15) is 12.5 Å². The van der Waals surface area contributed by atoms with Crippen molar-refractivity contribution in [3.63, 3.8) is 0 Å². The fourth-order valence-corrected chi connectivity index (χ4v) is 3.43. The monoisotopic (exact) mass is 406 g/mol. The molecule has 0 radical (unpaired) electrons. The molecule has 0 aliphatic rings. The molecule has 0 aromatic heterocycles. The summed E-state index contributed by atoms with van der Waals surface area (Å²) in [5.41, 5.74) is 1.44. The third-order valence-electron chi connectivity index (χ3n) is 3.97. The van der Waals surface area contributed by atoms with E-state index in [1.807, 2.05) is 31.2 Å². The summed E-state index contributed by atoms with van der Waals surface area (Å²) in [7, 11) is -2.23. The van der Waals surface area contributed by atoms with E-state index in [0.29, 0.717) is 17.2 Å². The number of carbonyl (C=O) groups excluding carboxylic acids is 1. The van der Waals surface area contributed by atoms with Gasteiger partial charge in [-0.3, -0.25) is 9.10 Å². The van der Waals surface area contributed by atoms with Crippen molar-refractivity contribution in [3.05, 3.63) is 54.1 Å². The second-order valence-corrected chi connectivity index (χ2v) is 8.44. The number of ether oxygens (including phenoxy) is 2. The number of carbonyl (C=O) groups is 1. The van der Waals surface area contributed by atoms with E-state index < -0.39 is 15.9 Å². The van der Waals surface area contributed by atoms with Gasteiger partial charge in [-0.05, 0) is 38.1 Å². The van der Waals surface area contributed by atoms with E-state index in [4.69, 9.17) is 9.47 Å². The van der Waals surface area contributed by atoms with E-state index in [0.717, 1.165) is 16.1 Å². The van der Waals surface area contributed by atoms with Gasteiger partial charge in [0.1, 0.15) is 24.7 Å². The van der Waals surface area contributed by atoms with Crippen LogP contribution in [0.4, 0.5) is 5.69 Å². The first-order chi connectivity index (χ1) is 13.2. The van der Waals surface area contributed by atoms with Crippen molar-refractivity contribution in [2.75, 3.05) is 30.8 Å². The highest BCUT2D eigenvalue weighted by Gasteiger charge is 2.24. The lowest BCUT2D eigenvalue weighted by molar-refractivity contribution is -0.120. The Hall–Kier alpha value is -2.74. The zero-order valence-corrected chi connectivity index (χ0v) is 17.3. The second-order valence-electron chi connectivity index (χ2n) is 6.53. The van der Waals surface area contributed by atoms with Crippen LogP contribution in [0.15, 0.2) is 48.5 Å². The molecule has 1 amide bonds. The van der Waals surface area contributed by atoms with Crippen molar-refractivity contribution in [2.24, 2.45) is 0 Å². The maximum absolute atomic E-state index is 12.4. The summed E-state index contributed by atoms with van der Waals surface area (Å²) in [4.78, 5) is 12.4. The number of anilines is 1. The minimum absolute atomic E-state index is 0.266. The number of rotatable bonds is 9. The molecule has 0 spiro atoms. The first-order valence-corrected chi connectivity index (χ1v) is 10.6. The standard InChI is InChI=1S/C20H26N2O5S/c1-15-9-11-17(12-10-15)27-14-16(2)21-20(23)13-22(28(4,24)25)18-7-5-6-8-19(18)26-3/h5-12,16H,13-14H2,1-4H3,(H,21,23)/t16-/m0/s1. The molecule has 1 N–H and O–H groups in total. The van der Waals surface area contributed by atoms with Crippen LogP contribution in [0.2, 0.25) is 0 Å². The number of methoxy groups -OCH3 is 1. The predicted molar refractivity (Wildman–Crippen MR) is 109 cm³/mol. The topological polar surface area (TPSA) is 84.9 Å². The van der Waals surface area contributed by atoms with Crippen molar-refractivity contribution >= 4 is 21.6 Å². The number of para-hydroxylation sites is 2. The fourth-order valence-electron chi connectivity index (χ4n) is 2.57. The molecular weight excluding hydrogens is 380 g/mol. The van der Waals surface area contributed by atoms with Crippen LogP contribution in [0.3, 0.4) is 0 Å². The van der Waals surface area contributed by atoms with Gasteiger partial charge in [0.15, 0.2) is 0 Å². The summed E-state index contributed by atoms with van der Waals surface area (Å²) >= 11 is 0. The van der Waals surface area contributed by atoms with E-state index in [-0.39, 0.29) is 19.2 Å². The van der Waals surface area contributed by atoms with Gasteiger partial charge in [0.05, 0.1) is 25.1 Å². The Morgan fingerprint density at radius 3 is 2.39 bits per heavy atom. The lowest BCUT2D eigenvalue weighted by atomic mass is 10.2. The summed E-state index contributed by atoms with van der Waals surface area (Å²) in [6.45, 7) is 3.69. The third kappa shape index (κ3) is 6.16. The highest BCUT2D eigenvalue weighted by atomic mass is 32.2. The molecule has 2 aromatic rings. The average molecular weight is 407 g/mol. The van der Waals surface area contributed by atoms with Crippen molar-refractivity contribution in [3.8, 4) is 11.5 Å². The molecule has 0 aliphatic heterocycles. The first kappa shape index (κ1) is 21.6.